The van der Waals surface area contributed by atoms with Crippen LogP contribution in [-0.2, 0) is 13.5 Å². The van der Waals surface area contributed by atoms with E-state index < -0.39 is 0 Å². The van der Waals surface area contributed by atoms with Crippen molar-refractivity contribution in [2.75, 3.05) is 6.54 Å². The highest BCUT2D eigenvalue weighted by Crippen LogP contribution is 2.33. The number of hydrogen-bond acceptors (Lipinski definition) is 4. The van der Waals surface area contributed by atoms with Crippen LogP contribution in [0.1, 0.15) is 72.0 Å². The third-order valence-corrected chi connectivity index (χ3v) is 5.58. The molecule has 4 rings (SSSR count). The van der Waals surface area contributed by atoms with Crippen molar-refractivity contribution in [1.29, 1.82) is 0 Å². The summed E-state index contributed by atoms with van der Waals surface area (Å²) in [6.07, 6.45) is 4.14. The lowest BCUT2D eigenvalue weighted by Crippen LogP contribution is -2.32. The zero-order chi connectivity index (χ0) is 20.5. The molecule has 3 heterocycles. The number of hydrogen-bond donors (Lipinski definition) is 0. The van der Waals surface area contributed by atoms with Crippen LogP contribution in [0.5, 0.6) is 0 Å². The minimum atomic E-state index is -0.145. The number of halogens is 1. The summed E-state index contributed by atoms with van der Waals surface area (Å²) in [5, 5.41) is 5.18. The number of aromatic nitrogens is 3. The second-order valence-corrected chi connectivity index (χ2v) is 8.30. The van der Waals surface area contributed by atoms with Gasteiger partial charge in [0.25, 0.3) is 5.91 Å². The summed E-state index contributed by atoms with van der Waals surface area (Å²) in [5.74, 6) is 1.62. The van der Waals surface area contributed by atoms with Crippen LogP contribution < -0.4 is 0 Å². The molecule has 0 unspecified atom stereocenters. The largest absolute Gasteiger partial charge is 0.443 e. The van der Waals surface area contributed by atoms with E-state index in [0.29, 0.717) is 29.6 Å². The Balaban J connectivity index is 1.53. The van der Waals surface area contributed by atoms with Gasteiger partial charge in [-0.3, -0.25) is 9.48 Å². The van der Waals surface area contributed by atoms with Crippen molar-refractivity contribution < 1.29 is 9.21 Å². The van der Waals surface area contributed by atoms with Crippen LogP contribution in [0, 0.1) is 0 Å². The Morgan fingerprint density at radius 2 is 2.17 bits per heavy atom. The first kappa shape index (κ1) is 19.7. The van der Waals surface area contributed by atoms with Gasteiger partial charge < -0.3 is 9.32 Å². The molecule has 1 saturated heterocycles. The van der Waals surface area contributed by atoms with Crippen LogP contribution in [0.15, 0.2) is 40.9 Å². The van der Waals surface area contributed by atoms with Crippen LogP contribution in [0.3, 0.4) is 0 Å². The second kappa shape index (κ2) is 8.03. The molecule has 0 spiro atoms. The third-order valence-electron chi connectivity index (χ3n) is 5.35. The number of likely N-dealkylation sites (tertiary alicyclic amines) is 1. The predicted molar refractivity (Wildman–Crippen MR) is 111 cm³/mol. The molecule has 6 nitrogen and oxygen atoms in total. The lowest BCUT2D eigenvalue weighted by molar-refractivity contribution is 0.0703. The molecule has 2 aromatic heterocycles. The second-order valence-electron chi connectivity index (χ2n) is 7.86. The van der Waals surface area contributed by atoms with Crippen molar-refractivity contribution >= 4 is 17.5 Å². The van der Waals surface area contributed by atoms with Crippen molar-refractivity contribution in [3.05, 3.63) is 70.2 Å². The van der Waals surface area contributed by atoms with Gasteiger partial charge in [-0.1, -0.05) is 37.6 Å². The summed E-state index contributed by atoms with van der Waals surface area (Å²) in [5.41, 5.74) is 2.59. The van der Waals surface area contributed by atoms with Crippen molar-refractivity contribution in [3.63, 3.8) is 0 Å². The van der Waals surface area contributed by atoms with Gasteiger partial charge in [-0.05, 0) is 42.5 Å². The van der Waals surface area contributed by atoms with Crippen LogP contribution in [0.25, 0.3) is 0 Å². The number of amides is 1. The van der Waals surface area contributed by atoms with E-state index in [1.807, 2.05) is 42.3 Å². The van der Waals surface area contributed by atoms with Crippen LogP contribution in [0.2, 0.25) is 5.02 Å². The molecule has 1 aromatic carbocycles. The summed E-state index contributed by atoms with van der Waals surface area (Å²) in [6.45, 7) is 4.84. The maximum atomic E-state index is 13.2. The van der Waals surface area contributed by atoms with E-state index in [-0.39, 0.29) is 17.9 Å². The maximum Gasteiger partial charge on any atom is 0.272 e. The molecule has 1 amide bonds. The molecular formula is C22H25ClN4O2. The van der Waals surface area contributed by atoms with E-state index in [9.17, 15) is 4.79 Å². The van der Waals surface area contributed by atoms with Crippen LogP contribution in [-0.4, -0.2) is 32.1 Å². The molecule has 1 atom stereocenters. The first-order chi connectivity index (χ1) is 13.9. The lowest BCUT2D eigenvalue weighted by Gasteiger charge is -2.22. The highest BCUT2D eigenvalue weighted by Gasteiger charge is 2.35. The molecule has 1 aliphatic heterocycles. The summed E-state index contributed by atoms with van der Waals surface area (Å²) in [6, 6.07) is 9.45. The normalized spacial score (nSPS) is 16.7. The lowest BCUT2D eigenvalue weighted by atomic mass is 10.1. The molecule has 3 aromatic rings. The highest BCUT2D eigenvalue weighted by atomic mass is 35.5. The van der Waals surface area contributed by atoms with E-state index in [4.69, 9.17) is 16.0 Å². The van der Waals surface area contributed by atoms with E-state index in [0.717, 1.165) is 29.9 Å². The van der Waals surface area contributed by atoms with Gasteiger partial charge in [-0.15, -0.1) is 0 Å². The van der Waals surface area contributed by atoms with Crippen molar-refractivity contribution in [1.82, 2.24) is 19.7 Å². The van der Waals surface area contributed by atoms with Gasteiger partial charge in [0.15, 0.2) is 0 Å². The topological polar surface area (TPSA) is 64.2 Å². The van der Waals surface area contributed by atoms with Gasteiger partial charge in [0.1, 0.15) is 17.5 Å². The first-order valence-electron chi connectivity index (χ1n) is 9.96. The van der Waals surface area contributed by atoms with Crippen molar-refractivity contribution in [2.24, 2.45) is 7.05 Å². The van der Waals surface area contributed by atoms with Gasteiger partial charge in [0.2, 0.25) is 5.89 Å². The van der Waals surface area contributed by atoms with E-state index in [2.05, 4.69) is 23.9 Å². The first-order valence-corrected chi connectivity index (χ1v) is 10.3. The van der Waals surface area contributed by atoms with Crippen molar-refractivity contribution in [3.8, 4) is 0 Å². The number of oxazole rings is 1. The molecule has 152 valence electrons. The Morgan fingerprint density at radius 1 is 1.34 bits per heavy atom. The minimum Gasteiger partial charge on any atom is -0.443 e. The summed E-state index contributed by atoms with van der Waals surface area (Å²) >= 11 is 6.07. The minimum absolute atomic E-state index is 0.0241. The molecule has 29 heavy (non-hydrogen) atoms. The summed E-state index contributed by atoms with van der Waals surface area (Å²) in [7, 11) is 1.82. The number of rotatable bonds is 5. The number of aryl methyl sites for hydroxylation is 1. The standard InChI is InChI=1S/C22H25ClN4O2/c1-14(2)18-12-20(26(3)25-18)22(28)27-9-5-8-19(27)21-24-13-17(29-21)11-15-6-4-7-16(23)10-15/h4,6-7,10,12-14,19H,5,8-9,11H2,1-3H3/t19-/m1/s1. The molecule has 1 fully saturated rings. The Bertz CT molecular complexity index is 1020. The molecule has 0 aliphatic carbocycles. The monoisotopic (exact) mass is 412 g/mol. The Kier molecular flexibility index (Phi) is 5.46. The number of carbonyl (C=O) groups is 1. The summed E-state index contributed by atoms with van der Waals surface area (Å²) in [4.78, 5) is 19.5. The van der Waals surface area contributed by atoms with Crippen molar-refractivity contribution in [2.45, 2.75) is 45.1 Å². The smallest absolute Gasteiger partial charge is 0.272 e. The fraction of sp³-hybridized carbons (Fsp3) is 0.409. The van der Waals surface area contributed by atoms with Gasteiger partial charge in [-0.2, -0.15) is 5.10 Å². The number of carbonyl (C=O) groups excluding carboxylic acids is 1. The zero-order valence-corrected chi connectivity index (χ0v) is 17.7. The molecule has 0 bridgehead atoms. The molecule has 0 radical (unpaired) electrons. The molecule has 0 N–H and O–H groups in total. The van der Waals surface area contributed by atoms with Crippen LogP contribution in [0.4, 0.5) is 0 Å². The molecule has 7 heteroatoms. The van der Waals surface area contributed by atoms with E-state index in [1.165, 1.54) is 0 Å². The van der Waals surface area contributed by atoms with Crippen LogP contribution >= 0.6 is 11.6 Å². The fourth-order valence-electron chi connectivity index (χ4n) is 3.79. The summed E-state index contributed by atoms with van der Waals surface area (Å²) < 4.78 is 7.70. The van der Waals surface area contributed by atoms with Gasteiger partial charge in [0, 0.05) is 25.0 Å². The van der Waals surface area contributed by atoms with Gasteiger partial charge >= 0.3 is 0 Å². The van der Waals surface area contributed by atoms with E-state index >= 15 is 0 Å². The average molecular weight is 413 g/mol. The van der Waals surface area contributed by atoms with Gasteiger partial charge in [0.05, 0.1) is 11.9 Å². The quantitative estimate of drug-likeness (QED) is 0.606. The molecular weight excluding hydrogens is 388 g/mol. The number of benzene rings is 1. The average Bonchev–Trinajstić information content (AvgIpc) is 3.40. The number of nitrogens with zero attached hydrogens (tertiary/aromatic N) is 4. The maximum absolute atomic E-state index is 13.2. The third kappa shape index (κ3) is 4.08. The Labute approximate surface area is 175 Å². The Hall–Kier alpha value is -2.60. The fourth-order valence-corrected chi connectivity index (χ4v) is 4.00. The zero-order valence-electron chi connectivity index (χ0n) is 16.9. The SMILES string of the molecule is CC(C)c1cc(C(=O)N2CCC[C@@H]2c2ncc(Cc3cccc(Cl)c3)o2)n(C)n1. The molecule has 1 aliphatic rings. The Morgan fingerprint density at radius 3 is 2.90 bits per heavy atom. The predicted octanol–water partition coefficient (Wildman–Crippen LogP) is 4.75. The van der Waals surface area contributed by atoms with E-state index in [1.54, 1.807) is 10.9 Å². The highest BCUT2D eigenvalue weighted by molar-refractivity contribution is 6.30. The molecule has 0 saturated carbocycles. The van der Waals surface area contributed by atoms with Gasteiger partial charge in [-0.25, -0.2) is 4.98 Å².